The maximum absolute atomic E-state index is 11.3. The zero-order valence-electron chi connectivity index (χ0n) is 9.63. The molecule has 0 saturated heterocycles. The third-order valence-electron chi connectivity index (χ3n) is 2.59. The topological polar surface area (TPSA) is 63.5 Å². The Hall–Kier alpha value is -1.56. The van der Waals surface area contributed by atoms with E-state index in [1.165, 1.54) is 0 Å². The number of hydrogen-bond donors (Lipinski definition) is 1. The van der Waals surface area contributed by atoms with E-state index >= 15 is 0 Å². The highest BCUT2D eigenvalue weighted by Crippen LogP contribution is 2.10. The zero-order valence-corrected chi connectivity index (χ0v) is 10.4. The number of imidazole rings is 1. The van der Waals surface area contributed by atoms with Crippen molar-refractivity contribution in [2.45, 2.75) is 6.92 Å². The Morgan fingerprint density at radius 1 is 1.41 bits per heavy atom. The van der Waals surface area contributed by atoms with Crippen LogP contribution in [0.5, 0.6) is 0 Å². The minimum absolute atomic E-state index is 0.147. The van der Waals surface area contributed by atoms with E-state index in [0.717, 1.165) is 11.5 Å². The van der Waals surface area contributed by atoms with Crippen molar-refractivity contribution in [3.63, 3.8) is 0 Å². The van der Waals surface area contributed by atoms with Crippen molar-refractivity contribution in [2.75, 3.05) is 23.4 Å². The minimum atomic E-state index is -2.92. The summed E-state index contributed by atoms with van der Waals surface area (Å²) in [6, 6.07) is 5.68. The summed E-state index contributed by atoms with van der Waals surface area (Å²) < 4.78 is 24.6. The summed E-state index contributed by atoms with van der Waals surface area (Å²) in [6.45, 7) is 2.07. The van der Waals surface area contributed by atoms with Crippen molar-refractivity contribution in [3.05, 3.63) is 30.6 Å². The molecule has 0 aliphatic rings. The van der Waals surface area contributed by atoms with Crippen LogP contribution in [0.25, 0.3) is 5.65 Å². The molecule has 2 heterocycles. The Bertz CT molecular complexity index is 604. The van der Waals surface area contributed by atoms with Crippen molar-refractivity contribution in [3.8, 4) is 0 Å². The fourth-order valence-electron chi connectivity index (χ4n) is 1.57. The molecule has 5 nitrogen and oxygen atoms in total. The van der Waals surface area contributed by atoms with E-state index in [1.807, 2.05) is 28.8 Å². The van der Waals surface area contributed by atoms with Crippen molar-refractivity contribution >= 4 is 21.3 Å². The number of fused-ring (bicyclic) bond motifs is 1. The second-order valence-electron chi connectivity index (χ2n) is 3.73. The lowest BCUT2D eigenvalue weighted by molar-refractivity contribution is 0.597. The number of nitrogens with one attached hydrogen (secondary N) is 1. The Balaban J connectivity index is 2.07. The third kappa shape index (κ3) is 2.76. The number of aromatic nitrogens is 2. The zero-order chi connectivity index (χ0) is 12.3. The van der Waals surface area contributed by atoms with Gasteiger partial charge in [-0.15, -0.1) is 0 Å². The molecule has 1 N–H and O–H groups in total. The summed E-state index contributed by atoms with van der Waals surface area (Å²) in [7, 11) is -2.92. The van der Waals surface area contributed by atoms with Gasteiger partial charge in [-0.1, -0.05) is 13.0 Å². The first kappa shape index (κ1) is 11.9. The highest BCUT2D eigenvalue weighted by Gasteiger charge is 2.07. The van der Waals surface area contributed by atoms with E-state index in [-0.39, 0.29) is 11.5 Å². The van der Waals surface area contributed by atoms with Gasteiger partial charge in [-0.3, -0.25) is 4.40 Å². The first-order valence-corrected chi connectivity index (χ1v) is 7.31. The van der Waals surface area contributed by atoms with E-state index in [4.69, 9.17) is 0 Å². The molecule has 2 aromatic heterocycles. The molecule has 6 heteroatoms. The van der Waals surface area contributed by atoms with Crippen molar-refractivity contribution in [2.24, 2.45) is 0 Å². The van der Waals surface area contributed by atoms with Crippen LogP contribution in [0.4, 0.5) is 5.82 Å². The lowest BCUT2D eigenvalue weighted by atomic mass is 10.4. The number of hydrogen-bond acceptors (Lipinski definition) is 4. The average Bonchev–Trinajstić information content (AvgIpc) is 2.78. The lowest BCUT2D eigenvalue weighted by Crippen LogP contribution is -2.18. The monoisotopic (exact) mass is 253 g/mol. The normalized spacial score (nSPS) is 11.8. The molecule has 0 unspecified atom stereocenters. The molecule has 0 bridgehead atoms. The predicted molar refractivity (Wildman–Crippen MR) is 68.0 cm³/mol. The standard InChI is InChI=1S/C11H15N3O2S/c1-2-17(15,16)9-7-13-11-5-3-4-10-12-6-8-14(10)11/h3-6,8,13H,2,7,9H2,1H3. The molecule has 0 fully saturated rings. The van der Waals surface area contributed by atoms with Crippen LogP contribution in [-0.4, -0.2) is 35.9 Å². The van der Waals surface area contributed by atoms with Crippen molar-refractivity contribution < 1.29 is 8.42 Å². The molecule has 0 spiro atoms. The summed E-state index contributed by atoms with van der Waals surface area (Å²) in [6.07, 6.45) is 3.55. The number of pyridine rings is 1. The van der Waals surface area contributed by atoms with Gasteiger partial charge >= 0.3 is 0 Å². The molecule has 17 heavy (non-hydrogen) atoms. The number of rotatable bonds is 5. The summed E-state index contributed by atoms with van der Waals surface area (Å²) in [4.78, 5) is 4.16. The molecule has 0 aromatic carbocycles. The molecule has 0 aliphatic heterocycles. The highest BCUT2D eigenvalue weighted by molar-refractivity contribution is 7.91. The van der Waals surface area contributed by atoms with Crippen LogP contribution in [0, 0.1) is 0 Å². The Labute approximate surface area is 100 Å². The summed E-state index contributed by atoms with van der Waals surface area (Å²) in [5.41, 5.74) is 0.841. The molecular formula is C11H15N3O2S. The van der Waals surface area contributed by atoms with Gasteiger partial charge in [-0.25, -0.2) is 13.4 Å². The number of anilines is 1. The van der Waals surface area contributed by atoms with Crippen molar-refractivity contribution in [1.82, 2.24) is 9.38 Å². The quantitative estimate of drug-likeness (QED) is 0.869. The van der Waals surface area contributed by atoms with Gasteiger partial charge < -0.3 is 5.32 Å². The van der Waals surface area contributed by atoms with Gasteiger partial charge in [-0.2, -0.15) is 0 Å². The van der Waals surface area contributed by atoms with E-state index in [0.29, 0.717) is 6.54 Å². The lowest BCUT2D eigenvalue weighted by Gasteiger charge is -2.08. The molecule has 0 aliphatic carbocycles. The predicted octanol–water partition coefficient (Wildman–Crippen LogP) is 1.18. The maximum atomic E-state index is 11.3. The van der Waals surface area contributed by atoms with E-state index in [2.05, 4.69) is 10.3 Å². The molecule has 2 rings (SSSR count). The first-order chi connectivity index (χ1) is 8.12. The van der Waals surface area contributed by atoms with Gasteiger partial charge in [0.25, 0.3) is 0 Å². The van der Waals surface area contributed by atoms with E-state index in [1.54, 1.807) is 13.1 Å². The van der Waals surface area contributed by atoms with Gasteiger partial charge in [-0.05, 0) is 12.1 Å². The van der Waals surface area contributed by atoms with Gasteiger partial charge in [0.1, 0.15) is 11.5 Å². The summed E-state index contributed by atoms with van der Waals surface area (Å²) >= 11 is 0. The van der Waals surface area contributed by atoms with Crippen LogP contribution >= 0.6 is 0 Å². The smallest absolute Gasteiger partial charge is 0.151 e. The van der Waals surface area contributed by atoms with Crippen LogP contribution in [0.3, 0.4) is 0 Å². The molecule has 0 amide bonds. The van der Waals surface area contributed by atoms with E-state index < -0.39 is 9.84 Å². The van der Waals surface area contributed by atoms with Crippen molar-refractivity contribution in [1.29, 1.82) is 0 Å². The molecule has 2 aromatic rings. The highest BCUT2D eigenvalue weighted by atomic mass is 32.2. The molecule has 92 valence electrons. The molecule has 0 saturated carbocycles. The third-order valence-corrected chi connectivity index (χ3v) is 4.29. The van der Waals surface area contributed by atoms with Crippen LogP contribution in [0.2, 0.25) is 0 Å². The largest absolute Gasteiger partial charge is 0.370 e. The SMILES string of the molecule is CCS(=O)(=O)CCNc1cccc2nccn12. The summed E-state index contributed by atoms with van der Waals surface area (Å²) in [5.74, 6) is 1.18. The fraction of sp³-hybridized carbons (Fsp3) is 0.364. The van der Waals surface area contributed by atoms with Crippen LogP contribution in [-0.2, 0) is 9.84 Å². The van der Waals surface area contributed by atoms with E-state index in [9.17, 15) is 8.42 Å². The molecule has 0 atom stereocenters. The summed E-state index contributed by atoms with van der Waals surface area (Å²) in [5, 5.41) is 3.11. The minimum Gasteiger partial charge on any atom is -0.370 e. The first-order valence-electron chi connectivity index (χ1n) is 5.49. The van der Waals surface area contributed by atoms with Crippen LogP contribution < -0.4 is 5.32 Å². The Morgan fingerprint density at radius 3 is 3.00 bits per heavy atom. The van der Waals surface area contributed by atoms with Gasteiger partial charge in [0.05, 0.1) is 5.75 Å². The van der Waals surface area contributed by atoms with Gasteiger partial charge in [0.15, 0.2) is 9.84 Å². The average molecular weight is 253 g/mol. The fourth-order valence-corrected chi connectivity index (χ4v) is 2.27. The Morgan fingerprint density at radius 2 is 2.24 bits per heavy atom. The maximum Gasteiger partial charge on any atom is 0.151 e. The Kier molecular flexibility index (Phi) is 3.33. The second kappa shape index (κ2) is 4.75. The molecule has 0 radical (unpaired) electrons. The van der Waals surface area contributed by atoms with Gasteiger partial charge in [0.2, 0.25) is 0 Å². The number of nitrogens with zero attached hydrogens (tertiary/aromatic N) is 2. The van der Waals surface area contributed by atoms with Gasteiger partial charge in [0, 0.05) is 24.7 Å². The van der Waals surface area contributed by atoms with Crippen LogP contribution in [0.1, 0.15) is 6.92 Å². The second-order valence-corrected chi connectivity index (χ2v) is 6.20. The molecular weight excluding hydrogens is 238 g/mol. The van der Waals surface area contributed by atoms with Crippen LogP contribution in [0.15, 0.2) is 30.6 Å². The number of sulfone groups is 1.